The van der Waals surface area contributed by atoms with Crippen LogP contribution in [0.3, 0.4) is 0 Å². The molecule has 0 rings (SSSR count). The van der Waals surface area contributed by atoms with Crippen LogP contribution in [0.15, 0.2) is 0 Å². The fourth-order valence-electron chi connectivity index (χ4n) is 0.341. The van der Waals surface area contributed by atoms with Gasteiger partial charge in [-0.15, -0.1) is 0 Å². The Morgan fingerprint density at radius 2 is 1.50 bits per heavy atom. The maximum atomic E-state index is 9.96. The topological polar surface area (TPSA) is 149 Å². The highest BCUT2D eigenvalue weighted by Crippen LogP contribution is 1.93. The Labute approximate surface area is 94.4 Å². The van der Waals surface area contributed by atoms with Gasteiger partial charge in [0.15, 0.2) is 0 Å². The minimum Gasteiger partial charge on any atom is -0.396 e. The fraction of sp³-hybridized carbons (Fsp3) is 1.00. The molecule has 0 spiro atoms. The first-order chi connectivity index (χ1) is 7.04. The Bertz CT molecular complexity index is 356. The molecule has 0 bridgehead atoms. The van der Waals surface area contributed by atoms with Crippen LogP contribution in [0.1, 0.15) is 13.3 Å². The van der Waals surface area contributed by atoms with Gasteiger partial charge in [-0.2, -0.15) is 16.8 Å². The van der Waals surface area contributed by atoms with E-state index in [9.17, 15) is 16.8 Å². The van der Waals surface area contributed by atoms with E-state index in [1.165, 1.54) is 6.92 Å². The monoisotopic (exact) mass is 280 g/mol. The van der Waals surface area contributed by atoms with Gasteiger partial charge >= 0.3 is 0 Å². The maximum Gasteiger partial charge on any atom is 0.269 e. The predicted octanol–water partition coefficient (Wildman–Crippen LogP) is -1.49. The molecule has 4 N–H and O–H groups in total. The number of aliphatic hydroxyl groups is 2. The lowest BCUT2D eigenvalue weighted by atomic mass is 10.5. The van der Waals surface area contributed by atoms with Crippen molar-refractivity contribution in [2.45, 2.75) is 18.6 Å². The van der Waals surface area contributed by atoms with Crippen molar-refractivity contribution in [2.75, 3.05) is 19.0 Å². The van der Waals surface area contributed by atoms with Crippen LogP contribution in [-0.2, 0) is 20.2 Å². The smallest absolute Gasteiger partial charge is 0.269 e. The van der Waals surface area contributed by atoms with E-state index in [-0.39, 0.29) is 18.8 Å². The molecule has 8 nitrogen and oxygen atoms in total. The van der Waals surface area contributed by atoms with E-state index in [1.807, 2.05) is 0 Å². The van der Waals surface area contributed by atoms with Crippen molar-refractivity contribution in [1.82, 2.24) is 0 Å². The second-order valence-corrected chi connectivity index (χ2v) is 6.28. The molecule has 0 aliphatic rings. The number of hydrogen-bond donors (Lipinski definition) is 4. The van der Waals surface area contributed by atoms with E-state index in [0.29, 0.717) is 0 Å². The van der Waals surface area contributed by atoms with Crippen molar-refractivity contribution in [3.63, 3.8) is 0 Å². The molecule has 0 amide bonds. The molecule has 0 aromatic carbocycles. The molecule has 0 aromatic rings. The molecule has 0 aliphatic heterocycles. The Balaban J connectivity index is 0. The van der Waals surface area contributed by atoms with Gasteiger partial charge in [-0.05, 0) is 13.3 Å². The maximum absolute atomic E-state index is 9.96. The summed E-state index contributed by atoms with van der Waals surface area (Å²) in [7, 11) is -7.85. The molecule has 100 valence electrons. The van der Waals surface area contributed by atoms with Crippen molar-refractivity contribution >= 4 is 20.2 Å². The largest absolute Gasteiger partial charge is 0.396 e. The second kappa shape index (κ2) is 7.92. The minimum absolute atomic E-state index is 0.0961. The van der Waals surface area contributed by atoms with Crippen LogP contribution in [-0.4, -0.2) is 60.4 Å². The Morgan fingerprint density at radius 1 is 1.06 bits per heavy atom. The van der Waals surface area contributed by atoms with Gasteiger partial charge in [0.05, 0.1) is 12.4 Å². The molecule has 0 aromatic heterocycles. The molecule has 1 atom stereocenters. The van der Waals surface area contributed by atoms with Crippen LogP contribution < -0.4 is 0 Å². The Kier molecular flexibility index (Phi) is 8.97. The van der Waals surface area contributed by atoms with Crippen molar-refractivity contribution in [3.8, 4) is 0 Å². The Morgan fingerprint density at radius 3 is 1.56 bits per heavy atom. The van der Waals surface area contributed by atoms with Crippen molar-refractivity contribution in [2.24, 2.45) is 0 Å². The lowest BCUT2D eigenvalue weighted by molar-refractivity contribution is 0.289. The summed E-state index contributed by atoms with van der Waals surface area (Å²) in [6.07, 6.45) is 0.0961. The first-order valence-corrected chi connectivity index (χ1v) is 7.29. The molecule has 10 heteroatoms. The van der Waals surface area contributed by atoms with Crippen LogP contribution in [0.2, 0.25) is 0 Å². The fourth-order valence-corrected chi connectivity index (χ4v) is 1.02. The summed E-state index contributed by atoms with van der Waals surface area (Å²) >= 11 is 0. The lowest BCUT2D eigenvalue weighted by Gasteiger charge is -1.99. The van der Waals surface area contributed by atoms with Crippen LogP contribution in [0.25, 0.3) is 0 Å². The van der Waals surface area contributed by atoms with Gasteiger partial charge in [0.25, 0.3) is 20.2 Å². The Hall–Kier alpha value is -0.260. The normalized spacial score (nSPS) is 13.8. The van der Waals surface area contributed by atoms with E-state index in [0.717, 1.165) is 0 Å². The molecule has 0 saturated heterocycles. The van der Waals surface area contributed by atoms with Gasteiger partial charge in [-0.25, -0.2) is 0 Å². The highest BCUT2D eigenvalue weighted by molar-refractivity contribution is 7.86. The average Bonchev–Trinajstić information content (AvgIpc) is 2.11. The van der Waals surface area contributed by atoms with Crippen molar-refractivity contribution < 1.29 is 36.2 Å². The van der Waals surface area contributed by atoms with Crippen LogP contribution >= 0.6 is 0 Å². The summed E-state index contributed by atoms with van der Waals surface area (Å²) in [5.74, 6) is -0.358. The molecular weight excluding hydrogens is 264 g/mol. The summed E-state index contributed by atoms with van der Waals surface area (Å²) in [5.41, 5.74) is 0. The van der Waals surface area contributed by atoms with Gasteiger partial charge in [-0.1, -0.05) is 0 Å². The quantitative estimate of drug-likeness (QED) is 0.445. The van der Waals surface area contributed by atoms with Crippen LogP contribution in [0, 0.1) is 0 Å². The summed E-state index contributed by atoms with van der Waals surface area (Å²) in [6.45, 7) is 0.466. The first kappa shape index (κ1) is 18.1. The van der Waals surface area contributed by atoms with Gasteiger partial charge in [0.2, 0.25) is 0 Å². The number of aliphatic hydroxyl groups excluding tert-OH is 2. The molecule has 0 aliphatic carbocycles. The molecule has 0 heterocycles. The van der Waals surface area contributed by atoms with Gasteiger partial charge in [-0.3, -0.25) is 9.11 Å². The number of rotatable bonds is 5. The minimum atomic E-state index is -4.00. The van der Waals surface area contributed by atoms with E-state index in [1.54, 1.807) is 0 Å². The van der Waals surface area contributed by atoms with Crippen molar-refractivity contribution in [3.05, 3.63) is 0 Å². The van der Waals surface area contributed by atoms with Crippen molar-refractivity contribution in [1.29, 1.82) is 0 Å². The highest BCUT2D eigenvalue weighted by atomic mass is 32.2. The zero-order valence-electron chi connectivity index (χ0n) is 8.64. The lowest BCUT2D eigenvalue weighted by Crippen LogP contribution is -2.20. The predicted molar refractivity (Wildman–Crippen MR) is 56.2 cm³/mol. The third-order valence-corrected chi connectivity index (χ3v) is 3.30. The van der Waals surface area contributed by atoms with Gasteiger partial charge in [0.1, 0.15) is 5.25 Å². The van der Waals surface area contributed by atoms with E-state index in [2.05, 4.69) is 0 Å². The summed E-state index contributed by atoms with van der Waals surface area (Å²) in [5, 5.41) is 15.1. The zero-order chi connectivity index (χ0) is 13.4. The average molecular weight is 280 g/mol. The third kappa shape index (κ3) is 13.7. The molecule has 0 fully saturated rings. The molecule has 0 saturated carbocycles. The molecule has 1 unspecified atom stereocenters. The van der Waals surface area contributed by atoms with E-state index in [4.69, 9.17) is 19.3 Å². The third-order valence-electron chi connectivity index (χ3n) is 1.33. The second-order valence-electron chi connectivity index (χ2n) is 2.87. The number of hydrogen-bond acceptors (Lipinski definition) is 6. The van der Waals surface area contributed by atoms with Crippen LogP contribution in [0.4, 0.5) is 0 Å². The zero-order valence-corrected chi connectivity index (χ0v) is 10.3. The molecule has 0 radical (unpaired) electrons. The molecular formula is C6H16O8S2. The summed E-state index contributed by atoms with van der Waals surface area (Å²) < 4.78 is 55.7. The summed E-state index contributed by atoms with van der Waals surface area (Å²) in [6, 6.07) is 0. The van der Waals surface area contributed by atoms with Gasteiger partial charge < -0.3 is 10.2 Å². The SMILES string of the molecule is CC(CO)S(=O)(=O)O.O=S(=O)(O)CCCO. The first-order valence-electron chi connectivity index (χ1n) is 4.17. The summed E-state index contributed by atoms with van der Waals surface area (Å²) in [4.78, 5) is 0. The van der Waals surface area contributed by atoms with E-state index < -0.39 is 32.1 Å². The molecule has 16 heavy (non-hydrogen) atoms. The van der Waals surface area contributed by atoms with Crippen LogP contribution in [0.5, 0.6) is 0 Å². The highest BCUT2D eigenvalue weighted by Gasteiger charge is 2.14. The van der Waals surface area contributed by atoms with Gasteiger partial charge in [0, 0.05) is 6.61 Å². The standard InChI is InChI=1S/2C3H8O4S/c1-3(2-4)8(5,6)7;4-2-1-3-8(5,6)7/h3-4H,2H2,1H3,(H,5,6,7);4H,1-3H2,(H,5,6,7). The van der Waals surface area contributed by atoms with E-state index >= 15 is 0 Å².